The molecule has 4 heterocycles. The van der Waals surface area contributed by atoms with E-state index in [1.165, 1.54) is 0 Å². The molecule has 9 heteroatoms. The highest BCUT2D eigenvalue weighted by atomic mass is 35.5. The second kappa shape index (κ2) is 7.18. The molecule has 2 aliphatic heterocycles. The van der Waals surface area contributed by atoms with E-state index in [0.717, 1.165) is 28.2 Å². The van der Waals surface area contributed by atoms with Gasteiger partial charge < -0.3 is 15.0 Å². The number of carbonyl (C=O) groups excluding carboxylic acids is 1. The van der Waals surface area contributed by atoms with Crippen LogP contribution in [0.25, 0.3) is 16.6 Å². The van der Waals surface area contributed by atoms with Gasteiger partial charge >= 0.3 is 5.97 Å². The number of fused-ring (bicyclic) bond motifs is 8. The zero-order valence-electron chi connectivity index (χ0n) is 18.6. The van der Waals surface area contributed by atoms with Gasteiger partial charge in [-0.15, -0.1) is 0 Å². The molecule has 1 atom stereocenters. The van der Waals surface area contributed by atoms with Crippen molar-refractivity contribution < 1.29 is 14.7 Å². The van der Waals surface area contributed by atoms with Crippen molar-refractivity contribution in [3.8, 4) is 0 Å². The standard InChI is InChI=1S/C26H21ClN4O4/c27-15-5-6-19-14(7-15)8-20-16-10-21-18(9-17(16)25(33)31(19)20)29-24(32)22-11-28-23(30(21)22)12-1-3-13(4-2-12)26(34)35/h5-7,9-13,20H,1-4,8H2,(H,29,32)(H,34,35). The average molecular weight is 489 g/mol. The first-order valence-corrected chi connectivity index (χ1v) is 12.2. The van der Waals surface area contributed by atoms with Crippen molar-refractivity contribution in [2.24, 2.45) is 5.92 Å². The molecule has 1 unspecified atom stereocenters. The van der Waals surface area contributed by atoms with E-state index < -0.39 is 5.97 Å². The lowest BCUT2D eigenvalue weighted by molar-refractivity contribution is -0.142. The molecule has 1 aliphatic carbocycles. The molecule has 2 N–H and O–H groups in total. The van der Waals surface area contributed by atoms with Crippen molar-refractivity contribution in [1.82, 2.24) is 14.4 Å². The Balaban J connectivity index is 1.38. The topological polar surface area (TPSA) is 108 Å². The molecular weight excluding hydrogens is 468 g/mol. The average Bonchev–Trinajstić information content (AvgIpc) is 3.51. The van der Waals surface area contributed by atoms with Crippen LogP contribution >= 0.6 is 11.6 Å². The number of anilines is 1. The minimum atomic E-state index is -0.748. The third kappa shape index (κ3) is 2.86. The fraction of sp³-hybridized carbons (Fsp3) is 0.308. The Kier molecular flexibility index (Phi) is 4.25. The largest absolute Gasteiger partial charge is 0.481 e. The quantitative estimate of drug-likeness (QED) is 0.433. The van der Waals surface area contributed by atoms with Crippen LogP contribution in [-0.2, 0) is 11.2 Å². The van der Waals surface area contributed by atoms with Gasteiger partial charge in [0.05, 0.1) is 29.2 Å². The monoisotopic (exact) mass is 488 g/mol. The number of hydrogen-bond acceptors (Lipinski definition) is 4. The number of aliphatic carboxylic acids is 1. The highest BCUT2D eigenvalue weighted by Gasteiger charge is 2.43. The summed E-state index contributed by atoms with van der Waals surface area (Å²) in [5, 5.41) is 10.0. The smallest absolute Gasteiger partial charge is 0.306 e. The van der Waals surface area contributed by atoms with Crippen molar-refractivity contribution in [3.63, 3.8) is 0 Å². The van der Waals surface area contributed by atoms with Gasteiger partial charge in [0, 0.05) is 22.2 Å². The molecule has 1 saturated carbocycles. The number of halogens is 1. The zero-order valence-corrected chi connectivity index (χ0v) is 19.4. The number of H-pyrrole nitrogens is 1. The molecular formula is C26H21ClN4O4. The van der Waals surface area contributed by atoms with Gasteiger partial charge in [-0.05, 0) is 73.6 Å². The van der Waals surface area contributed by atoms with Crippen LogP contribution in [0.5, 0.6) is 0 Å². The van der Waals surface area contributed by atoms with Crippen molar-refractivity contribution >= 4 is 45.7 Å². The fourth-order valence-electron chi connectivity index (χ4n) is 6.25. The van der Waals surface area contributed by atoms with Crippen LogP contribution in [0.2, 0.25) is 5.02 Å². The van der Waals surface area contributed by atoms with E-state index in [9.17, 15) is 19.5 Å². The number of aromatic amines is 1. The minimum Gasteiger partial charge on any atom is -0.481 e. The van der Waals surface area contributed by atoms with E-state index in [1.807, 2.05) is 27.5 Å². The molecule has 0 radical (unpaired) electrons. The first-order chi connectivity index (χ1) is 16.9. The third-order valence-corrected chi connectivity index (χ3v) is 8.19. The summed E-state index contributed by atoms with van der Waals surface area (Å²) >= 11 is 6.20. The second-order valence-electron chi connectivity index (χ2n) is 9.80. The summed E-state index contributed by atoms with van der Waals surface area (Å²) in [5.74, 6) is -0.297. The molecule has 2 aromatic carbocycles. The van der Waals surface area contributed by atoms with Gasteiger partial charge in [-0.25, -0.2) is 4.98 Å². The summed E-state index contributed by atoms with van der Waals surface area (Å²) in [6.45, 7) is 0. The van der Waals surface area contributed by atoms with Crippen LogP contribution in [0.3, 0.4) is 0 Å². The van der Waals surface area contributed by atoms with E-state index in [1.54, 1.807) is 18.3 Å². The lowest BCUT2D eigenvalue weighted by Crippen LogP contribution is -2.23. The van der Waals surface area contributed by atoms with Gasteiger partial charge in [-0.2, -0.15) is 0 Å². The van der Waals surface area contributed by atoms with Crippen LogP contribution < -0.4 is 10.5 Å². The molecule has 2 aromatic heterocycles. The summed E-state index contributed by atoms with van der Waals surface area (Å²) < 4.78 is 1.91. The normalized spacial score (nSPS) is 23.1. The Morgan fingerprint density at radius 1 is 1.09 bits per heavy atom. The maximum absolute atomic E-state index is 13.4. The molecule has 8 nitrogen and oxygen atoms in total. The van der Waals surface area contributed by atoms with Crippen LogP contribution in [0, 0.1) is 5.92 Å². The number of benzene rings is 2. The molecule has 1 amide bonds. The highest BCUT2D eigenvalue weighted by Crippen LogP contribution is 2.48. The Labute approximate surface area is 204 Å². The van der Waals surface area contributed by atoms with E-state index in [2.05, 4.69) is 9.97 Å². The number of carboxylic acid groups (broad SMARTS) is 1. The first-order valence-electron chi connectivity index (χ1n) is 11.8. The van der Waals surface area contributed by atoms with Crippen LogP contribution in [-0.4, -0.2) is 31.4 Å². The summed E-state index contributed by atoms with van der Waals surface area (Å²) in [7, 11) is 0. The van der Waals surface area contributed by atoms with Crippen molar-refractivity contribution in [3.05, 3.63) is 74.4 Å². The Morgan fingerprint density at radius 3 is 2.66 bits per heavy atom. The highest BCUT2D eigenvalue weighted by molar-refractivity contribution is 6.30. The first kappa shape index (κ1) is 20.7. The Bertz CT molecular complexity index is 1650. The number of carbonyl (C=O) groups is 2. The van der Waals surface area contributed by atoms with Gasteiger partial charge in [0.15, 0.2) is 0 Å². The van der Waals surface area contributed by atoms with Crippen molar-refractivity contribution in [2.75, 3.05) is 4.90 Å². The number of amides is 1. The molecule has 0 bridgehead atoms. The van der Waals surface area contributed by atoms with Gasteiger partial charge in [-0.3, -0.25) is 18.8 Å². The van der Waals surface area contributed by atoms with Gasteiger partial charge in [0.1, 0.15) is 11.3 Å². The van der Waals surface area contributed by atoms with Crippen LogP contribution in [0.1, 0.15) is 65.0 Å². The number of carboxylic acids is 1. The molecule has 7 rings (SSSR count). The molecule has 176 valence electrons. The number of nitrogens with one attached hydrogen (secondary N) is 1. The predicted molar refractivity (Wildman–Crippen MR) is 130 cm³/mol. The lowest BCUT2D eigenvalue weighted by atomic mass is 9.81. The molecule has 1 fully saturated rings. The second-order valence-corrected chi connectivity index (χ2v) is 10.2. The molecule has 4 aromatic rings. The number of nitrogens with zero attached hydrogens (tertiary/aromatic N) is 3. The summed E-state index contributed by atoms with van der Waals surface area (Å²) in [4.78, 5) is 47.1. The van der Waals surface area contributed by atoms with E-state index >= 15 is 0 Å². The lowest BCUT2D eigenvalue weighted by Gasteiger charge is -2.25. The number of aromatic nitrogens is 3. The maximum Gasteiger partial charge on any atom is 0.306 e. The van der Waals surface area contributed by atoms with E-state index in [0.29, 0.717) is 53.7 Å². The fourth-order valence-corrected chi connectivity index (χ4v) is 6.45. The summed E-state index contributed by atoms with van der Waals surface area (Å²) in [5.41, 5.74) is 5.03. The predicted octanol–water partition coefficient (Wildman–Crippen LogP) is 4.45. The molecule has 0 saturated heterocycles. The van der Waals surface area contributed by atoms with Gasteiger partial charge in [-0.1, -0.05) is 11.6 Å². The maximum atomic E-state index is 13.4. The zero-order chi connectivity index (χ0) is 24.0. The Morgan fingerprint density at radius 2 is 1.89 bits per heavy atom. The molecule has 0 spiro atoms. The minimum absolute atomic E-state index is 0.0716. The van der Waals surface area contributed by atoms with Gasteiger partial charge in [0.2, 0.25) is 0 Å². The molecule has 35 heavy (non-hydrogen) atoms. The number of rotatable bonds is 2. The number of hydrogen-bond donors (Lipinski definition) is 2. The van der Waals surface area contributed by atoms with Crippen molar-refractivity contribution in [1.29, 1.82) is 0 Å². The van der Waals surface area contributed by atoms with Crippen LogP contribution in [0.4, 0.5) is 5.69 Å². The Hall–Kier alpha value is -3.65. The summed E-state index contributed by atoms with van der Waals surface area (Å²) in [6, 6.07) is 9.29. The third-order valence-electron chi connectivity index (χ3n) is 7.95. The van der Waals surface area contributed by atoms with E-state index in [4.69, 9.17) is 11.6 Å². The van der Waals surface area contributed by atoms with Crippen LogP contribution in [0.15, 0.2) is 41.3 Å². The summed E-state index contributed by atoms with van der Waals surface area (Å²) in [6.07, 6.45) is 4.88. The number of imidazole rings is 1. The van der Waals surface area contributed by atoms with Gasteiger partial charge in [0.25, 0.3) is 11.5 Å². The SMILES string of the molecule is O=C(O)C1CCC(c2ncc3c(=O)[nH]c4cc5c(cc4n23)C2Cc3cc(Cl)ccc3N2C5=O)CC1. The van der Waals surface area contributed by atoms with Crippen molar-refractivity contribution in [2.45, 2.75) is 44.1 Å². The van der Waals surface area contributed by atoms with E-state index in [-0.39, 0.29) is 29.3 Å². The molecule has 3 aliphatic rings.